The Balaban J connectivity index is 1.88. The molecule has 1 aliphatic heterocycles. The van der Waals surface area contributed by atoms with Crippen molar-refractivity contribution in [2.75, 3.05) is 39.3 Å². The Labute approximate surface area is 135 Å². The molecule has 2 rings (SSSR count). The molecule has 1 fully saturated rings. The van der Waals surface area contributed by atoms with Crippen LogP contribution in [0.2, 0.25) is 0 Å². The van der Waals surface area contributed by atoms with Gasteiger partial charge < -0.3 is 24.8 Å². The van der Waals surface area contributed by atoms with Gasteiger partial charge in [0.1, 0.15) is 11.5 Å². The van der Waals surface area contributed by atoms with Crippen molar-refractivity contribution in [1.82, 2.24) is 5.32 Å². The van der Waals surface area contributed by atoms with E-state index in [1.807, 2.05) is 0 Å². The van der Waals surface area contributed by atoms with E-state index in [-0.39, 0.29) is 24.3 Å². The van der Waals surface area contributed by atoms with Crippen LogP contribution < -0.4 is 20.1 Å². The second kappa shape index (κ2) is 8.38. The van der Waals surface area contributed by atoms with Crippen molar-refractivity contribution in [3.05, 3.63) is 18.2 Å². The first kappa shape index (κ1) is 17.1. The number of hydrogen-bond donors (Lipinski definition) is 2. The highest BCUT2D eigenvalue weighted by atomic mass is 16.5. The summed E-state index contributed by atoms with van der Waals surface area (Å²) in [6.45, 7) is 1.09. The number of methoxy groups -OCH3 is 2. The molecule has 2 amide bonds. The second-order valence-corrected chi connectivity index (χ2v) is 5.22. The normalized spacial score (nSPS) is 14.9. The van der Waals surface area contributed by atoms with Gasteiger partial charge in [0, 0.05) is 25.2 Å². The summed E-state index contributed by atoms with van der Waals surface area (Å²) in [6, 6.07) is 5.10. The molecule has 0 saturated carbocycles. The molecule has 0 aromatic heterocycles. The highest BCUT2D eigenvalue weighted by Crippen LogP contribution is 2.28. The van der Waals surface area contributed by atoms with Crippen molar-refractivity contribution in [2.24, 2.45) is 5.92 Å². The number of benzene rings is 1. The number of nitrogens with one attached hydrogen (secondary N) is 2. The molecule has 2 N–H and O–H groups in total. The average molecular weight is 322 g/mol. The van der Waals surface area contributed by atoms with Crippen LogP contribution in [-0.4, -0.2) is 45.8 Å². The van der Waals surface area contributed by atoms with Gasteiger partial charge in [-0.1, -0.05) is 0 Å². The smallest absolute Gasteiger partial charge is 0.243 e. The van der Waals surface area contributed by atoms with Crippen molar-refractivity contribution >= 4 is 17.5 Å². The van der Waals surface area contributed by atoms with Gasteiger partial charge in [0.15, 0.2) is 0 Å². The van der Waals surface area contributed by atoms with E-state index in [9.17, 15) is 9.59 Å². The van der Waals surface area contributed by atoms with Crippen LogP contribution in [0.4, 0.5) is 5.69 Å². The SMILES string of the molecule is COc1ccc(OC)c(NC(=O)CNC(=O)C2CCOCC2)c1. The highest BCUT2D eigenvalue weighted by Gasteiger charge is 2.21. The zero-order valence-corrected chi connectivity index (χ0v) is 13.4. The third-order valence-corrected chi connectivity index (χ3v) is 3.70. The zero-order valence-electron chi connectivity index (χ0n) is 13.4. The maximum atomic E-state index is 12.0. The monoisotopic (exact) mass is 322 g/mol. The molecule has 0 spiro atoms. The fourth-order valence-corrected chi connectivity index (χ4v) is 2.38. The Morgan fingerprint density at radius 1 is 1.22 bits per heavy atom. The van der Waals surface area contributed by atoms with Gasteiger partial charge in [-0.2, -0.15) is 0 Å². The van der Waals surface area contributed by atoms with E-state index in [0.717, 1.165) is 0 Å². The van der Waals surface area contributed by atoms with Crippen LogP contribution in [0.1, 0.15) is 12.8 Å². The first-order valence-corrected chi connectivity index (χ1v) is 7.51. The van der Waals surface area contributed by atoms with E-state index in [0.29, 0.717) is 43.2 Å². The number of hydrogen-bond acceptors (Lipinski definition) is 5. The quantitative estimate of drug-likeness (QED) is 0.821. The molecule has 0 bridgehead atoms. The van der Waals surface area contributed by atoms with E-state index in [1.54, 1.807) is 25.3 Å². The number of carbonyl (C=O) groups excluding carboxylic acids is 2. The van der Waals surface area contributed by atoms with E-state index in [1.165, 1.54) is 7.11 Å². The van der Waals surface area contributed by atoms with Gasteiger partial charge in [-0.3, -0.25) is 9.59 Å². The fourth-order valence-electron chi connectivity index (χ4n) is 2.38. The molecule has 7 nitrogen and oxygen atoms in total. The van der Waals surface area contributed by atoms with Gasteiger partial charge in [-0.05, 0) is 25.0 Å². The molecule has 1 heterocycles. The van der Waals surface area contributed by atoms with Crippen molar-refractivity contribution in [3.63, 3.8) is 0 Å². The maximum absolute atomic E-state index is 12.0. The van der Waals surface area contributed by atoms with Crippen LogP contribution in [0.15, 0.2) is 18.2 Å². The lowest BCUT2D eigenvalue weighted by molar-refractivity contribution is -0.129. The standard InChI is InChI=1S/C16H22N2O5/c1-21-12-3-4-14(22-2)13(9-12)18-15(19)10-17-16(20)11-5-7-23-8-6-11/h3-4,9,11H,5-8,10H2,1-2H3,(H,17,20)(H,18,19). The highest BCUT2D eigenvalue weighted by molar-refractivity contribution is 5.96. The summed E-state index contributed by atoms with van der Waals surface area (Å²) in [5.41, 5.74) is 0.497. The number of carbonyl (C=O) groups is 2. The molecule has 1 aromatic carbocycles. The Morgan fingerprint density at radius 2 is 1.96 bits per heavy atom. The van der Waals surface area contributed by atoms with Crippen LogP contribution in [0, 0.1) is 5.92 Å². The van der Waals surface area contributed by atoms with Crippen LogP contribution >= 0.6 is 0 Å². The minimum Gasteiger partial charge on any atom is -0.497 e. The first-order chi connectivity index (χ1) is 11.1. The summed E-state index contributed by atoms with van der Waals surface area (Å²) in [7, 11) is 3.06. The molecule has 1 aliphatic rings. The molecular weight excluding hydrogens is 300 g/mol. The molecule has 1 saturated heterocycles. The van der Waals surface area contributed by atoms with Crippen molar-refractivity contribution in [2.45, 2.75) is 12.8 Å². The maximum Gasteiger partial charge on any atom is 0.243 e. The number of ether oxygens (including phenoxy) is 3. The second-order valence-electron chi connectivity index (χ2n) is 5.22. The zero-order chi connectivity index (χ0) is 16.7. The van der Waals surface area contributed by atoms with Gasteiger partial charge in [-0.25, -0.2) is 0 Å². The summed E-state index contributed by atoms with van der Waals surface area (Å²) < 4.78 is 15.5. The van der Waals surface area contributed by atoms with E-state index >= 15 is 0 Å². The van der Waals surface area contributed by atoms with Gasteiger partial charge in [0.05, 0.1) is 26.5 Å². The molecular formula is C16H22N2O5. The molecule has 0 unspecified atom stereocenters. The molecule has 23 heavy (non-hydrogen) atoms. The third kappa shape index (κ3) is 4.85. The Kier molecular flexibility index (Phi) is 6.22. The lowest BCUT2D eigenvalue weighted by Crippen LogP contribution is -2.38. The fraction of sp³-hybridized carbons (Fsp3) is 0.500. The van der Waals surface area contributed by atoms with Crippen LogP contribution in [0.3, 0.4) is 0 Å². The minimum absolute atomic E-state index is 0.0806. The number of rotatable bonds is 6. The Bertz CT molecular complexity index is 555. The topological polar surface area (TPSA) is 85.9 Å². The predicted octanol–water partition coefficient (Wildman–Crippen LogP) is 1.19. The van der Waals surface area contributed by atoms with Crippen LogP contribution in [0.25, 0.3) is 0 Å². The summed E-state index contributed by atoms with van der Waals surface area (Å²) in [5.74, 6) is 0.614. The Hall–Kier alpha value is -2.28. The van der Waals surface area contributed by atoms with Crippen molar-refractivity contribution in [3.8, 4) is 11.5 Å². The Morgan fingerprint density at radius 3 is 2.61 bits per heavy atom. The average Bonchev–Trinajstić information content (AvgIpc) is 2.60. The van der Waals surface area contributed by atoms with E-state index in [2.05, 4.69) is 10.6 Å². The molecule has 7 heteroatoms. The van der Waals surface area contributed by atoms with Crippen molar-refractivity contribution in [1.29, 1.82) is 0 Å². The molecule has 0 radical (unpaired) electrons. The summed E-state index contributed by atoms with van der Waals surface area (Å²) in [4.78, 5) is 24.0. The summed E-state index contributed by atoms with van der Waals surface area (Å²) >= 11 is 0. The predicted molar refractivity (Wildman–Crippen MR) is 84.7 cm³/mol. The largest absolute Gasteiger partial charge is 0.497 e. The van der Waals surface area contributed by atoms with Gasteiger partial charge in [-0.15, -0.1) is 0 Å². The summed E-state index contributed by atoms with van der Waals surface area (Å²) in [6.07, 6.45) is 1.38. The van der Waals surface area contributed by atoms with E-state index in [4.69, 9.17) is 14.2 Å². The van der Waals surface area contributed by atoms with Crippen molar-refractivity contribution < 1.29 is 23.8 Å². The molecule has 0 atom stereocenters. The molecule has 126 valence electrons. The van der Waals surface area contributed by atoms with Crippen LogP contribution in [0.5, 0.6) is 11.5 Å². The molecule has 0 aliphatic carbocycles. The third-order valence-electron chi connectivity index (χ3n) is 3.70. The first-order valence-electron chi connectivity index (χ1n) is 7.51. The summed E-state index contributed by atoms with van der Waals surface area (Å²) in [5, 5.41) is 5.37. The minimum atomic E-state index is -0.322. The number of amides is 2. The van der Waals surface area contributed by atoms with Gasteiger partial charge >= 0.3 is 0 Å². The van der Waals surface area contributed by atoms with Crippen LogP contribution in [-0.2, 0) is 14.3 Å². The molecule has 1 aromatic rings. The lowest BCUT2D eigenvalue weighted by atomic mass is 9.99. The van der Waals surface area contributed by atoms with Gasteiger partial charge in [0.2, 0.25) is 11.8 Å². The number of anilines is 1. The van der Waals surface area contributed by atoms with Gasteiger partial charge in [0.25, 0.3) is 0 Å². The lowest BCUT2D eigenvalue weighted by Gasteiger charge is -2.21. The van der Waals surface area contributed by atoms with E-state index < -0.39 is 0 Å².